The summed E-state index contributed by atoms with van der Waals surface area (Å²) in [5.41, 5.74) is 1.86. The average molecular weight is 423 g/mol. The van der Waals surface area contributed by atoms with Crippen molar-refractivity contribution in [2.45, 2.75) is 19.9 Å². The summed E-state index contributed by atoms with van der Waals surface area (Å²) in [6.07, 6.45) is 3.98. The Balaban J connectivity index is 1.40. The van der Waals surface area contributed by atoms with Crippen LogP contribution in [0.2, 0.25) is 0 Å². The number of carbonyl (C=O) groups is 2. The third-order valence-corrected chi connectivity index (χ3v) is 6.03. The van der Waals surface area contributed by atoms with Gasteiger partial charge in [0.15, 0.2) is 0 Å². The highest BCUT2D eigenvalue weighted by Crippen LogP contribution is 2.34. The summed E-state index contributed by atoms with van der Waals surface area (Å²) < 4.78 is 9.20. The molecule has 2 aromatic heterocycles. The number of carbonyl (C=O) groups excluding carboxylic acids is 1. The Morgan fingerprint density at radius 3 is 2.90 bits per heavy atom. The van der Waals surface area contributed by atoms with Crippen LogP contribution in [0.3, 0.4) is 0 Å². The SMILES string of the molecule is CC1=CSN(c2ccccn2)C(=O)C1CCOc1ccc2c(ccn2CC(=O)O)c1. The fraction of sp³-hybridized carbons (Fsp3) is 0.227. The van der Waals surface area contributed by atoms with Crippen molar-refractivity contribution in [2.24, 2.45) is 5.92 Å². The number of hydrogen-bond acceptors (Lipinski definition) is 5. The van der Waals surface area contributed by atoms with Gasteiger partial charge in [0.2, 0.25) is 5.91 Å². The maximum Gasteiger partial charge on any atom is 0.323 e. The normalized spacial score (nSPS) is 16.6. The van der Waals surface area contributed by atoms with Crippen LogP contribution in [-0.4, -0.2) is 33.1 Å². The predicted molar refractivity (Wildman–Crippen MR) is 116 cm³/mol. The Hall–Kier alpha value is -3.26. The zero-order valence-corrected chi connectivity index (χ0v) is 17.2. The molecule has 0 radical (unpaired) electrons. The minimum atomic E-state index is -0.883. The van der Waals surface area contributed by atoms with E-state index in [-0.39, 0.29) is 18.4 Å². The first-order valence-corrected chi connectivity index (χ1v) is 10.4. The molecule has 1 atom stereocenters. The number of hydrogen-bond donors (Lipinski definition) is 1. The number of aromatic nitrogens is 2. The number of anilines is 1. The number of carboxylic acid groups (broad SMARTS) is 1. The van der Waals surface area contributed by atoms with Gasteiger partial charge in [-0.15, -0.1) is 0 Å². The van der Waals surface area contributed by atoms with Gasteiger partial charge in [-0.2, -0.15) is 0 Å². The molecule has 1 aliphatic rings. The minimum Gasteiger partial charge on any atom is -0.494 e. The highest BCUT2D eigenvalue weighted by molar-refractivity contribution is 8.04. The van der Waals surface area contributed by atoms with E-state index >= 15 is 0 Å². The Kier molecular flexibility index (Phi) is 5.76. The molecular formula is C22H21N3O4S. The van der Waals surface area contributed by atoms with E-state index in [1.165, 1.54) is 11.9 Å². The van der Waals surface area contributed by atoms with Crippen LogP contribution >= 0.6 is 11.9 Å². The maximum absolute atomic E-state index is 13.0. The van der Waals surface area contributed by atoms with Gasteiger partial charge < -0.3 is 14.4 Å². The van der Waals surface area contributed by atoms with Crippen molar-refractivity contribution < 1.29 is 19.4 Å². The van der Waals surface area contributed by atoms with Crippen LogP contribution in [-0.2, 0) is 16.1 Å². The van der Waals surface area contributed by atoms with Crippen molar-refractivity contribution in [3.63, 3.8) is 0 Å². The summed E-state index contributed by atoms with van der Waals surface area (Å²) in [5, 5.41) is 11.9. The number of carboxylic acids is 1. The largest absolute Gasteiger partial charge is 0.494 e. The molecule has 1 amide bonds. The molecular weight excluding hydrogens is 402 g/mol. The van der Waals surface area contributed by atoms with E-state index in [0.29, 0.717) is 24.6 Å². The van der Waals surface area contributed by atoms with Crippen LogP contribution < -0.4 is 9.04 Å². The van der Waals surface area contributed by atoms with Gasteiger partial charge in [-0.25, -0.2) is 9.29 Å². The Morgan fingerprint density at radius 1 is 1.27 bits per heavy atom. The smallest absolute Gasteiger partial charge is 0.323 e. The second kappa shape index (κ2) is 8.62. The third kappa shape index (κ3) is 4.18. The first-order chi connectivity index (χ1) is 14.5. The molecule has 7 nitrogen and oxygen atoms in total. The molecule has 0 saturated carbocycles. The molecule has 1 unspecified atom stereocenters. The third-order valence-electron chi connectivity index (χ3n) is 4.97. The lowest BCUT2D eigenvalue weighted by Crippen LogP contribution is -2.35. The number of nitrogens with zero attached hydrogens (tertiary/aromatic N) is 3. The molecule has 1 aromatic carbocycles. The Bertz CT molecular complexity index is 1110. The molecule has 8 heteroatoms. The maximum atomic E-state index is 13.0. The fourth-order valence-corrected chi connectivity index (χ4v) is 4.33. The van der Waals surface area contributed by atoms with E-state index in [1.54, 1.807) is 21.3 Å². The number of benzene rings is 1. The van der Waals surface area contributed by atoms with Crippen LogP contribution in [0.4, 0.5) is 5.82 Å². The minimum absolute atomic E-state index is 0.00324. The molecule has 0 spiro atoms. The van der Waals surface area contributed by atoms with Crippen LogP contribution in [0.1, 0.15) is 13.3 Å². The molecule has 0 aliphatic carbocycles. The molecule has 0 saturated heterocycles. The zero-order valence-electron chi connectivity index (χ0n) is 16.4. The van der Waals surface area contributed by atoms with Crippen LogP contribution in [0, 0.1) is 5.92 Å². The number of aliphatic carboxylic acids is 1. The van der Waals surface area contributed by atoms with Gasteiger partial charge in [0.25, 0.3) is 0 Å². The summed E-state index contributed by atoms with van der Waals surface area (Å²) in [6, 6.07) is 12.9. The van der Waals surface area contributed by atoms with Crippen LogP contribution in [0.15, 0.2) is 65.8 Å². The summed E-state index contributed by atoms with van der Waals surface area (Å²) >= 11 is 1.35. The van der Waals surface area contributed by atoms with Crippen LogP contribution in [0.5, 0.6) is 5.75 Å². The summed E-state index contributed by atoms with van der Waals surface area (Å²) in [4.78, 5) is 28.2. The van der Waals surface area contributed by atoms with E-state index in [2.05, 4.69) is 4.98 Å². The van der Waals surface area contributed by atoms with Crippen molar-refractivity contribution in [1.29, 1.82) is 0 Å². The van der Waals surface area contributed by atoms with Crippen molar-refractivity contribution in [3.8, 4) is 5.75 Å². The summed E-state index contributed by atoms with van der Waals surface area (Å²) in [7, 11) is 0. The standard InChI is InChI=1S/C22H21N3O4S/c1-15-14-30-25(20-4-2-3-9-23-20)22(28)18(15)8-11-29-17-5-6-19-16(12-17)7-10-24(19)13-21(26)27/h2-7,9-10,12,14,18H,8,11,13H2,1H3,(H,26,27). The van der Waals surface area contributed by atoms with Gasteiger partial charge in [0, 0.05) is 23.3 Å². The first-order valence-electron chi connectivity index (χ1n) is 9.55. The molecule has 3 heterocycles. The van der Waals surface area contributed by atoms with E-state index in [0.717, 1.165) is 16.5 Å². The lowest BCUT2D eigenvalue weighted by molar-refractivity contribution is -0.137. The van der Waals surface area contributed by atoms with Gasteiger partial charge in [-0.3, -0.25) is 9.59 Å². The number of ether oxygens (including phenoxy) is 1. The number of fused-ring (bicyclic) bond motifs is 1. The highest BCUT2D eigenvalue weighted by Gasteiger charge is 2.31. The van der Waals surface area contributed by atoms with E-state index in [9.17, 15) is 9.59 Å². The Labute approximate surface area is 178 Å². The quantitative estimate of drug-likeness (QED) is 0.576. The van der Waals surface area contributed by atoms with Gasteiger partial charge in [-0.1, -0.05) is 11.6 Å². The summed E-state index contributed by atoms with van der Waals surface area (Å²) in [6.45, 7) is 2.27. The molecule has 30 heavy (non-hydrogen) atoms. The molecule has 1 N–H and O–H groups in total. The fourth-order valence-electron chi connectivity index (χ4n) is 3.44. The monoisotopic (exact) mass is 423 g/mol. The zero-order chi connectivity index (χ0) is 21.1. The Morgan fingerprint density at radius 2 is 2.13 bits per heavy atom. The van der Waals surface area contributed by atoms with E-state index in [4.69, 9.17) is 9.84 Å². The van der Waals surface area contributed by atoms with Gasteiger partial charge in [-0.05, 0) is 67.1 Å². The summed E-state index contributed by atoms with van der Waals surface area (Å²) in [5.74, 6) is 0.179. The van der Waals surface area contributed by atoms with Gasteiger partial charge in [0.1, 0.15) is 18.1 Å². The lowest BCUT2D eigenvalue weighted by atomic mass is 9.97. The van der Waals surface area contributed by atoms with E-state index < -0.39 is 5.97 Å². The number of amides is 1. The van der Waals surface area contributed by atoms with Crippen LogP contribution in [0.25, 0.3) is 10.9 Å². The molecule has 0 fully saturated rings. The van der Waals surface area contributed by atoms with E-state index in [1.807, 2.05) is 54.8 Å². The average Bonchev–Trinajstić information content (AvgIpc) is 3.12. The topological polar surface area (TPSA) is 84.7 Å². The van der Waals surface area contributed by atoms with Crippen molar-refractivity contribution in [1.82, 2.24) is 9.55 Å². The second-order valence-electron chi connectivity index (χ2n) is 7.04. The number of pyridine rings is 1. The number of rotatable bonds is 7. The molecule has 4 rings (SSSR count). The van der Waals surface area contributed by atoms with Crippen molar-refractivity contribution >= 4 is 40.5 Å². The highest BCUT2D eigenvalue weighted by atomic mass is 32.2. The predicted octanol–water partition coefficient (Wildman–Crippen LogP) is 4.10. The lowest BCUT2D eigenvalue weighted by Gasteiger charge is -2.29. The molecule has 154 valence electrons. The van der Waals surface area contributed by atoms with Crippen molar-refractivity contribution in [2.75, 3.05) is 10.9 Å². The van der Waals surface area contributed by atoms with Gasteiger partial charge >= 0.3 is 5.97 Å². The first kappa shape index (κ1) is 20.0. The van der Waals surface area contributed by atoms with Gasteiger partial charge in [0.05, 0.1) is 12.5 Å². The second-order valence-corrected chi connectivity index (χ2v) is 7.85. The van der Waals surface area contributed by atoms with Crippen molar-refractivity contribution in [3.05, 3.63) is 65.8 Å². The molecule has 3 aromatic rings. The molecule has 0 bridgehead atoms. The molecule has 1 aliphatic heterocycles.